The smallest absolute Gasteiger partial charge is 0.0388 e. The molecule has 1 heterocycles. The van der Waals surface area contributed by atoms with E-state index in [4.69, 9.17) is 0 Å². The average molecular weight is 308 g/mol. The fraction of sp³-hybridized carbons (Fsp3) is 0.789. The van der Waals surface area contributed by atoms with E-state index < -0.39 is 0 Å². The molecule has 1 unspecified atom stereocenters. The van der Waals surface area contributed by atoms with Gasteiger partial charge in [-0.1, -0.05) is 57.8 Å². The van der Waals surface area contributed by atoms with Crippen LogP contribution in [-0.4, -0.2) is 6.04 Å². The minimum atomic E-state index is 0.515. The second-order valence-corrected chi connectivity index (χ2v) is 8.11. The number of rotatable bonds is 3. The normalized spacial score (nSPS) is 21.4. The second-order valence-electron chi connectivity index (χ2n) is 6.79. The number of hydrogen-bond donors (Lipinski definition) is 1. The minimum absolute atomic E-state index is 0.515. The zero-order chi connectivity index (χ0) is 14.9. The molecule has 1 aromatic heterocycles. The van der Waals surface area contributed by atoms with Crippen molar-refractivity contribution in [2.45, 2.75) is 96.6 Å². The van der Waals surface area contributed by atoms with E-state index in [0.29, 0.717) is 6.04 Å². The van der Waals surface area contributed by atoms with Gasteiger partial charge < -0.3 is 5.32 Å². The van der Waals surface area contributed by atoms with Crippen molar-refractivity contribution >= 4 is 11.3 Å². The van der Waals surface area contributed by atoms with Crippen LogP contribution in [0.4, 0.5) is 0 Å². The van der Waals surface area contributed by atoms with E-state index in [1.165, 1.54) is 80.4 Å². The van der Waals surface area contributed by atoms with Crippen LogP contribution >= 0.6 is 11.3 Å². The molecule has 0 amide bonds. The van der Waals surface area contributed by atoms with Gasteiger partial charge in [-0.3, -0.25) is 0 Å². The van der Waals surface area contributed by atoms with Crippen molar-refractivity contribution in [1.82, 2.24) is 5.32 Å². The van der Waals surface area contributed by atoms with Gasteiger partial charge in [-0.05, 0) is 38.8 Å². The van der Waals surface area contributed by atoms with Crippen LogP contribution in [0.25, 0.3) is 0 Å². The lowest BCUT2D eigenvalue weighted by atomic mass is 9.97. The highest BCUT2D eigenvalue weighted by molar-refractivity contribution is 7.12. The van der Waals surface area contributed by atoms with Crippen LogP contribution in [0, 0.1) is 6.92 Å². The van der Waals surface area contributed by atoms with Gasteiger partial charge in [-0.25, -0.2) is 0 Å². The Bertz CT molecular complexity index is 373. The summed E-state index contributed by atoms with van der Waals surface area (Å²) in [6, 6.07) is 5.79. The van der Waals surface area contributed by atoms with Crippen molar-refractivity contribution in [2.24, 2.45) is 0 Å². The summed E-state index contributed by atoms with van der Waals surface area (Å²) in [5, 5.41) is 3.91. The van der Waals surface area contributed by atoms with Gasteiger partial charge in [0, 0.05) is 21.8 Å². The Morgan fingerprint density at radius 2 is 1.43 bits per heavy atom. The highest BCUT2D eigenvalue weighted by Gasteiger charge is 2.14. The van der Waals surface area contributed by atoms with E-state index in [0.717, 1.165) is 6.04 Å². The summed E-state index contributed by atoms with van der Waals surface area (Å²) in [7, 11) is 0. The molecule has 1 aliphatic carbocycles. The first-order chi connectivity index (χ1) is 10.3. The Labute approximate surface area is 135 Å². The van der Waals surface area contributed by atoms with Crippen LogP contribution in [0.5, 0.6) is 0 Å². The van der Waals surface area contributed by atoms with Crippen LogP contribution in [-0.2, 0) is 0 Å². The average Bonchev–Trinajstić information content (AvgIpc) is 2.88. The first-order valence-corrected chi connectivity index (χ1v) is 9.90. The molecule has 1 atom stereocenters. The van der Waals surface area contributed by atoms with Gasteiger partial charge in [0.05, 0.1) is 0 Å². The Morgan fingerprint density at radius 1 is 0.905 bits per heavy atom. The summed E-state index contributed by atoms with van der Waals surface area (Å²) in [4.78, 5) is 2.93. The molecule has 2 rings (SSSR count). The molecule has 120 valence electrons. The summed E-state index contributed by atoms with van der Waals surface area (Å²) < 4.78 is 0. The van der Waals surface area contributed by atoms with Crippen LogP contribution in [0.3, 0.4) is 0 Å². The Morgan fingerprint density at radius 3 is 1.90 bits per heavy atom. The van der Waals surface area contributed by atoms with Crippen molar-refractivity contribution in [3.8, 4) is 0 Å². The van der Waals surface area contributed by atoms with Gasteiger partial charge >= 0.3 is 0 Å². The zero-order valence-corrected chi connectivity index (χ0v) is 14.8. The molecule has 0 radical (unpaired) electrons. The van der Waals surface area contributed by atoms with Crippen molar-refractivity contribution in [1.29, 1.82) is 0 Å². The molecule has 1 nitrogen and oxygen atoms in total. The highest BCUT2D eigenvalue weighted by Crippen LogP contribution is 2.24. The molecular formula is C19H33NS. The van der Waals surface area contributed by atoms with Crippen LogP contribution in [0.1, 0.15) is 93.3 Å². The number of aryl methyl sites for hydroxylation is 1. The standard InChI is InChI=1S/C19H33NS/c1-16-14-15-19(21-16)17(2)20-18-12-10-8-6-4-3-5-7-9-11-13-18/h14-15,17-18,20H,3-13H2,1-2H3. The Kier molecular flexibility index (Phi) is 7.81. The third kappa shape index (κ3) is 6.52. The predicted octanol–water partition coefficient (Wildman–Crippen LogP) is 6.38. The fourth-order valence-electron chi connectivity index (χ4n) is 3.45. The third-order valence-corrected chi connectivity index (χ3v) is 5.96. The van der Waals surface area contributed by atoms with E-state index in [9.17, 15) is 0 Å². The van der Waals surface area contributed by atoms with E-state index in [2.05, 4.69) is 31.3 Å². The van der Waals surface area contributed by atoms with Gasteiger partial charge in [0.25, 0.3) is 0 Å². The maximum Gasteiger partial charge on any atom is 0.0388 e. The van der Waals surface area contributed by atoms with E-state index in [1.807, 2.05) is 11.3 Å². The Hall–Kier alpha value is -0.340. The molecule has 0 aromatic carbocycles. The molecule has 1 aromatic rings. The third-order valence-electron chi connectivity index (χ3n) is 4.78. The summed E-state index contributed by atoms with van der Waals surface area (Å²) in [5.74, 6) is 0. The molecule has 1 saturated carbocycles. The molecule has 0 saturated heterocycles. The number of nitrogens with one attached hydrogen (secondary N) is 1. The van der Waals surface area contributed by atoms with Crippen molar-refractivity contribution in [3.05, 3.63) is 21.9 Å². The predicted molar refractivity (Wildman–Crippen MR) is 95.2 cm³/mol. The maximum atomic E-state index is 3.91. The van der Waals surface area contributed by atoms with Crippen LogP contribution in [0.2, 0.25) is 0 Å². The molecule has 1 fully saturated rings. The second kappa shape index (κ2) is 9.63. The molecular weight excluding hydrogens is 274 g/mol. The molecule has 0 spiro atoms. The van der Waals surface area contributed by atoms with Crippen molar-refractivity contribution in [2.75, 3.05) is 0 Å². The van der Waals surface area contributed by atoms with Crippen LogP contribution in [0.15, 0.2) is 12.1 Å². The maximum absolute atomic E-state index is 3.91. The largest absolute Gasteiger partial charge is 0.307 e. The summed E-state index contributed by atoms with van der Waals surface area (Å²) in [6.07, 6.45) is 15.7. The number of hydrogen-bond acceptors (Lipinski definition) is 2. The summed E-state index contributed by atoms with van der Waals surface area (Å²) in [5.41, 5.74) is 0. The molecule has 1 aliphatic rings. The fourth-order valence-corrected chi connectivity index (χ4v) is 4.34. The van der Waals surface area contributed by atoms with Gasteiger partial charge in [0.1, 0.15) is 0 Å². The molecule has 0 aliphatic heterocycles. The molecule has 0 bridgehead atoms. The van der Waals surface area contributed by atoms with E-state index in [1.54, 1.807) is 0 Å². The van der Waals surface area contributed by atoms with Crippen molar-refractivity contribution in [3.63, 3.8) is 0 Å². The lowest BCUT2D eigenvalue weighted by Crippen LogP contribution is -2.31. The zero-order valence-electron chi connectivity index (χ0n) is 14.0. The quantitative estimate of drug-likeness (QED) is 0.683. The summed E-state index contributed by atoms with van der Waals surface area (Å²) in [6.45, 7) is 4.54. The first kappa shape index (κ1) is 17.0. The topological polar surface area (TPSA) is 12.0 Å². The van der Waals surface area contributed by atoms with E-state index >= 15 is 0 Å². The molecule has 21 heavy (non-hydrogen) atoms. The van der Waals surface area contributed by atoms with Gasteiger partial charge in [0.15, 0.2) is 0 Å². The number of thiophene rings is 1. The van der Waals surface area contributed by atoms with Gasteiger partial charge in [-0.2, -0.15) is 0 Å². The lowest BCUT2D eigenvalue weighted by molar-refractivity contribution is 0.377. The monoisotopic (exact) mass is 307 g/mol. The summed E-state index contributed by atoms with van der Waals surface area (Å²) >= 11 is 1.94. The first-order valence-electron chi connectivity index (χ1n) is 9.08. The van der Waals surface area contributed by atoms with Gasteiger partial charge in [-0.15, -0.1) is 11.3 Å². The van der Waals surface area contributed by atoms with Gasteiger partial charge in [0.2, 0.25) is 0 Å². The SMILES string of the molecule is Cc1ccc(C(C)NC2CCCCCCCCCCC2)s1. The highest BCUT2D eigenvalue weighted by atomic mass is 32.1. The minimum Gasteiger partial charge on any atom is -0.307 e. The lowest BCUT2D eigenvalue weighted by Gasteiger charge is -2.23. The Balaban J connectivity index is 1.82. The molecule has 1 N–H and O–H groups in total. The van der Waals surface area contributed by atoms with E-state index in [-0.39, 0.29) is 0 Å². The van der Waals surface area contributed by atoms with Crippen molar-refractivity contribution < 1.29 is 0 Å². The molecule has 2 heteroatoms. The van der Waals surface area contributed by atoms with Crippen LogP contribution < -0.4 is 5.32 Å².